The Morgan fingerprint density at radius 2 is 2.11 bits per heavy atom. The summed E-state index contributed by atoms with van der Waals surface area (Å²) >= 11 is 0. The van der Waals surface area contributed by atoms with Gasteiger partial charge in [0, 0.05) is 13.6 Å². The summed E-state index contributed by atoms with van der Waals surface area (Å²) in [6, 6.07) is 5.72. The Balaban J connectivity index is 2.61. The monoisotopic (exact) mass is 252 g/mol. The van der Waals surface area contributed by atoms with Crippen LogP contribution in [0.3, 0.4) is 0 Å². The number of nitrogens with one attached hydrogen (secondary N) is 2. The lowest BCUT2D eigenvalue weighted by molar-refractivity contribution is -0.119. The van der Waals surface area contributed by atoms with Crippen molar-refractivity contribution in [1.29, 1.82) is 0 Å². The van der Waals surface area contributed by atoms with Gasteiger partial charge >= 0.3 is 0 Å². The first-order valence-corrected chi connectivity index (χ1v) is 5.92. The van der Waals surface area contributed by atoms with Gasteiger partial charge in [-0.2, -0.15) is 0 Å². The fourth-order valence-corrected chi connectivity index (χ4v) is 1.51. The number of hydrogen-bond acceptors (Lipinski definition) is 4. The Bertz CT molecular complexity index is 394. The van der Waals surface area contributed by atoms with Gasteiger partial charge in [-0.25, -0.2) is 0 Å². The van der Waals surface area contributed by atoms with Crippen LogP contribution >= 0.6 is 0 Å². The van der Waals surface area contributed by atoms with Crippen molar-refractivity contribution < 1.29 is 14.3 Å². The molecule has 0 fully saturated rings. The van der Waals surface area contributed by atoms with Crippen molar-refractivity contribution >= 4 is 5.91 Å². The SMILES string of the molecule is CCOc1cc(CNCC(=O)NC)ccc1OC. The number of rotatable bonds is 7. The van der Waals surface area contributed by atoms with Crippen LogP contribution in [0.1, 0.15) is 12.5 Å². The fourth-order valence-electron chi connectivity index (χ4n) is 1.51. The fraction of sp³-hybridized carbons (Fsp3) is 0.462. The molecule has 1 aromatic rings. The summed E-state index contributed by atoms with van der Waals surface area (Å²) in [5.41, 5.74) is 1.04. The molecule has 0 radical (unpaired) electrons. The Morgan fingerprint density at radius 1 is 1.33 bits per heavy atom. The van der Waals surface area contributed by atoms with Gasteiger partial charge in [0.25, 0.3) is 0 Å². The van der Waals surface area contributed by atoms with Crippen LogP contribution in [0.2, 0.25) is 0 Å². The zero-order valence-corrected chi connectivity index (χ0v) is 11.1. The molecule has 0 heterocycles. The van der Waals surface area contributed by atoms with Gasteiger partial charge in [-0.1, -0.05) is 6.07 Å². The molecule has 100 valence electrons. The van der Waals surface area contributed by atoms with Crippen LogP contribution in [0.4, 0.5) is 0 Å². The first-order valence-electron chi connectivity index (χ1n) is 5.92. The Labute approximate surface area is 107 Å². The minimum atomic E-state index is -0.0338. The molecule has 0 aliphatic carbocycles. The van der Waals surface area contributed by atoms with E-state index in [-0.39, 0.29) is 5.91 Å². The van der Waals surface area contributed by atoms with Crippen molar-refractivity contribution in [2.45, 2.75) is 13.5 Å². The lowest BCUT2D eigenvalue weighted by Gasteiger charge is -2.11. The number of methoxy groups -OCH3 is 1. The Morgan fingerprint density at radius 3 is 2.72 bits per heavy atom. The van der Waals surface area contributed by atoms with Gasteiger partial charge < -0.3 is 20.1 Å². The second kappa shape index (κ2) is 7.55. The number of likely N-dealkylation sites (N-methyl/N-ethyl adjacent to an activating group) is 1. The van der Waals surface area contributed by atoms with Crippen LogP contribution in [-0.2, 0) is 11.3 Å². The van der Waals surface area contributed by atoms with Gasteiger partial charge in [0.2, 0.25) is 5.91 Å². The molecular formula is C13H20N2O3. The number of carbonyl (C=O) groups excluding carboxylic acids is 1. The zero-order valence-electron chi connectivity index (χ0n) is 11.1. The molecule has 0 saturated heterocycles. The van der Waals surface area contributed by atoms with Gasteiger partial charge in [0.15, 0.2) is 11.5 Å². The topological polar surface area (TPSA) is 59.6 Å². The normalized spacial score (nSPS) is 9.94. The number of ether oxygens (including phenoxy) is 2. The van der Waals surface area contributed by atoms with E-state index >= 15 is 0 Å². The molecule has 1 aromatic carbocycles. The molecule has 1 rings (SSSR count). The summed E-state index contributed by atoms with van der Waals surface area (Å²) in [4.78, 5) is 11.1. The number of benzene rings is 1. The van der Waals surface area contributed by atoms with Crippen LogP contribution in [0.25, 0.3) is 0 Å². The van der Waals surface area contributed by atoms with E-state index in [1.54, 1.807) is 14.2 Å². The molecule has 0 spiro atoms. The first kappa shape index (κ1) is 14.3. The van der Waals surface area contributed by atoms with E-state index < -0.39 is 0 Å². The highest BCUT2D eigenvalue weighted by molar-refractivity contribution is 5.77. The van der Waals surface area contributed by atoms with Gasteiger partial charge in [0.05, 0.1) is 20.3 Å². The largest absolute Gasteiger partial charge is 0.493 e. The number of carbonyl (C=O) groups is 1. The molecule has 0 aliphatic rings. The van der Waals surface area contributed by atoms with E-state index in [4.69, 9.17) is 9.47 Å². The van der Waals surface area contributed by atoms with Crippen LogP contribution in [0, 0.1) is 0 Å². The van der Waals surface area contributed by atoms with E-state index in [0.29, 0.717) is 25.4 Å². The molecule has 0 aliphatic heterocycles. The summed E-state index contributed by atoms with van der Waals surface area (Å²) in [6.45, 7) is 3.42. The number of amides is 1. The molecule has 0 atom stereocenters. The minimum absolute atomic E-state index is 0.0338. The molecule has 0 bridgehead atoms. The highest BCUT2D eigenvalue weighted by Gasteiger charge is 2.05. The lowest BCUT2D eigenvalue weighted by Crippen LogP contribution is -2.30. The van der Waals surface area contributed by atoms with Gasteiger partial charge in [-0.05, 0) is 24.6 Å². The predicted octanol–water partition coefficient (Wildman–Crippen LogP) is 0.929. The van der Waals surface area contributed by atoms with Gasteiger partial charge in [-0.3, -0.25) is 4.79 Å². The highest BCUT2D eigenvalue weighted by Crippen LogP contribution is 2.27. The van der Waals surface area contributed by atoms with Crippen LogP contribution < -0.4 is 20.1 Å². The first-order chi connectivity index (χ1) is 8.71. The molecule has 0 saturated carbocycles. The average Bonchev–Trinajstić information content (AvgIpc) is 2.39. The number of hydrogen-bond donors (Lipinski definition) is 2. The minimum Gasteiger partial charge on any atom is -0.493 e. The van der Waals surface area contributed by atoms with Crippen LogP contribution in [0.5, 0.6) is 11.5 Å². The maximum absolute atomic E-state index is 11.1. The lowest BCUT2D eigenvalue weighted by atomic mass is 10.2. The third kappa shape index (κ3) is 4.25. The van der Waals surface area contributed by atoms with E-state index in [1.807, 2.05) is 25.1 Å². The molecule has 1 amide bonds. The van der Waals surface area contributed by atoms with E-state index in [0.717, 1.165) is 11.3 Å². The molecule has 5 heteroatoms. The standard InChI is InChI=1S/C13H20N2O3/c1-4-18-12-7-10(5-6-11(12)17-3)8-15-9-13(16)14-2/h5-7,15H,4,8-9H2,1-3H3,(H,14,16). The summed E-state index contributed by atoms with van der Waals surface area (Å²) in [5, 5.41) is 5.61. The van der Waals surface area contributed by atoms with E-state index in [1.165, 1.54) is 0 Å². The van der Waals surface area contributed by atoms with Gasteiger partial charge in [0.1, 0.15) is 0 Å². The predicted molar refractivity (Wildman–Crippen MR) is 69.9 cm³/mol. The van der Waals surface area contributed by atoms with Crippen LogP contribution in [0.15, 0.2) is 18.2 Å². The smallest absolute Gasteiger partial charge is 0.233 e. The molecule has 0 aromatic heterocycles. The molecule has 2 N–H and O–H groups in total. The summed E-state index contributed by atoms with van der Waals surface area (Å²) < 4.78 is 10.7. The van der Waals surface area contributed by atoms with Crippen molar-refractivity contribution in [2.24, 2.45) is 0 Å². The highest BCUT2D eigenvalue weighted by atomic mass is 16.5. The molecule has 5 nitrogen and oxygen atoms in total. The second-order valence-electron chi connectivity index (χ2n) is 3.69. The third-order valence-electron chi connectivity index (χ3n) is 2.42. The summed E-state index contributed by atoms with van der Waals surface area (Å²) in [6.07, 6.45) is 0. The van der Waals surface area contributed by atoms with Crippen molar-refractivity contribution in [1.82, 2.24) is 10.6 Å². The van der Waals surface area contributed by atoms with Crippen molar-refractivity contribution in [3.05, 3.63) is 23.8 Å². The summed E-state index contributed by atoms with van der Waals surface area (Å²) in [5.74, 6) is 1.40. The maximum Gasteiger partial charge on any atom is 0.233 e. The third-order valence-corrected chi connectivity index (χ3v) is 2.42. The van der Waals surface area contributed by atoms with Crippen molar-refractivity contribution in [2.75, 3.05) is 27.3 Å². The maximum atomic E-state index is 11.1. The quantitative estimate of drug-likeness (QED) is 0.758. The molecule has 18 heavy (non-hydrogen) atoms. The zero-order chi connectivity index (χ0) is 13.4. The summed E-state index contributed by atoms with van der Waals surface area (Å²) in [7, 11) is 3.23. The van der Waals surface area contributed by atoms with E-state index in [2.05, 4.69) is 10.6 Å². The van der Waals surface area contributed by atoms with Crippen molar-refractivity contribution in [3.63, 3.8) is 0 Å². The molecule has 0 unspecified atom stereocenters. The van der Waals surface area contributed by atoms with Gasteiger partial charge in [-0.15, -0.1) is 0 Å². The van der Waals surface area contributed by atoms with Crippen molar-refractivity contribution in [3.8, 4) is 11.5 Å². The Hall–Kier alpha value is -1.75. The average molecular weight is 252 g/mol. The Kier molecular flexibility index (Phi) is 6.00. The second-order valence-corrected chi connectivity index (χ2v) is 3.69. The molecular weight excluding hydrogens is 232 g/mol. The van der Waals surface area contributed by atoms with Crippen LogP contribution in [-0.4, -0.2) is 33.2 Å². The van der Waals surface area contributed by atoms with E-state index in [9.17, 15) is 4.79 Å².